The highest BCUT2D eigenvalue weighted by atomic mass is 16.5. The first kappa shape index (κ1) is 20.1. The molecule has 8 heteroatoms. The number of aryl methyl sites for hydroxylation is 1. The highest BCUT2D eigenvalue weighted by Crippen LogP contribution is 2.28. The molecule has 4 rings (SSSR count). The SMILES string of the molecule is Cc1cc(C(=O)NCC2CCC(Nc3nc(N(C)C)c4ccccc4n3)CC2)no1. The second kappa shape index (κ2) is 8.69. The van der Waals surface area contributed by atoms with Gasteiger partial charge in [0.25, 0.3) is 5.91 Å². The van der Waals surface area contributed by atoms with Gasteiger partial charge in [-0.05, 0) is 50.7 Å². The van der Waals surface area contributed by atoms with Gasteiger partial charge in [0.05, 0.1) is 5.52 Å². The summed E-state index contributed by atoms with van der Waals surface area (Å²) in [5.41, 5.74) is 1.28. The Kier molecular flexibility index (Phi) is 5.83. The predicted molar refractivity (Wildman–Crippen MR) is 117 cm³/mol. The van der Waals surface area contributed by atoms with Crippen LogP contribution in [-0.2, 0) is 0 Å². The van der Waals surface area contributed by atoms with Gasteiger partial charge in [-0.25, -0.2) is 4.98 Å². The zero-order valence-electron chi connectivity index (χ0n) is 17.7. The zero-order valence-corrected chi connectivity index (χ0v) is 17.7. The Morgan fingerprint density at radius 1 is 1.17 bits per heavy atom. The molecule has 2 N–H and O–H groups in total. The Bertz CT molecular complexity index is 1020. The van der Waals surface area contributed by atoms with Gasteiger partial charge in [0.1, 0.15) is 11.6 Å². The van der Waals surface area contributed by atoms with E-state index in [-0.39, 0.29) is 5.91 Å². The van der Waals surface area contributed by atoms with Crippen molar-refractivity contribution in [2.75, 3.05) is 30.9 Å². The van der Waals surface area contributed by atoms with Crippen LogP contribution in [0.25, 0.3) is 10.9 Å². The van der Waals surface area contributed by atoms with Crippen LogP contribution in [0.1, 0.15) is 41.9 Å². The average molecular weight is 409 g/mol. The Morgan fingerprint density at radius 3 is 2.63 bits per heavy atom. The molecule has 30 heavy (non-hydrogen) atoms. The van der Waals surface area contributed by atoms with Crippen molar-refractivity contribution in [1.29, 1.82) is 0 Å². The number of hydrogen-bond acceptors (Lipinski definition) is 7. The molecule has 8 nitrogen and oxygen atoms in total. The molecule has 3 aromatic rings. The first-order valence-corrected chi connectivity index (χ1v) is 10.4. The van der Waals surface area contributed by atoms with E-state index in [0.29, 0.717) is 35.9 Å². The van der Waals surface area contributed by atoms with E-state index >= 15 is 0 Å². The number of fused-ring (bicyclic) bond motifs is 1. The monoisotopic (exact) mass is 408 g/mol. The summed E-state index contributed by atoms with van der Waals surface area (Å²) in [6, 6.07) is 10.1. The Morgan fingerprint density at radius 2 is 1.93 bits per heavy atom. The minimum Gasteiger partial charge on any atom is -0.362 e. The summed E-state index contributed by atoms with van der Waals surface area (Å²) in [6.45, 7) is 2.44. The number of aromatic nitrogens is 3. The quantitative estimate of drug-likeness (QED) is 0.645. The van der Waals surface area contributed by atoms with Crippen LogP contribution in [0.2, 0.25) is 0 Å². The van der Waals surface area contributed by atoms with Gasteiger partial charge in [-0.2, -0.15) is 4.98 Å². The molecule has 1 amide bonds. The van der Waals surface area contributed by atoms with E-state index in [1.165, 1.54) is 0 Å². The molecule has 158 valence electrons. The van der Waals surface area contributed by atoms with Crippen LogP contribution in [0, 0.1) is 12.8 Å². The second-order valence-corrected chi connectivity index (χ2v) is 8.18. The summed E-state index contributed by atoms with van der Waals surface area (Å²) in [7, 11) is 4.00. The van der Waals surface area contributed by atoms with Crippen molar-refractivity contribution in [3.8, 4) is 0 Å². The van der Waals surface area contributed by atoms with Crippen molar-refractivity contribution in [2.45, 2.75) is 38.6 Å². The maximum atomic E-state index is 12.1. The van der Waals surface area contributed by atoms with Crippen molar-refractivity contribution in [1.82, 2.24) is 20.4 Å². The third-order valence-electron chi connectivity index (χ3n) is 5.60. The van der Waals surface area contributed by atoms with E-state index in [1.807, 2.05) is 43.3 Å². The van der Waals surface area contributed by atoms with Crippen molar-refractivity contribution in [3.05, 3.63) is 41.8 Å². The molecule has 0 radical (unpaired) electrons. The van der Waals surface area contributed by atoms with E-state index in [0.717, 1.165) is 42.4 Å². The summed E-state index contributed by atoms with van der Waals surface area (Å²) >= 11 is 0. The van der Waals surface area contributed by atoms with Crippen molar-refractivity contribution >= 4 is 28.6 Å². The summed E-state index contributed by atoms with van der Waals surface area (Å²) in [6.07, 6.45) is 4.14. The minimum absolute atomic E-state index is 0.173. The fourth-order valence-electron chi connectivity index (χ4n) is 3.96. The predicted octanol–water partition coefficient (Wildman–Crippen LogP) is 3.39. The topological polar surface area (TPSA) is 96.2 Å². The van der Waals surface area contributed by atoms with Crippen molar-refractivity contribution in [3.63, 3.8) is 0 Å². The first-order valence-electron chi connectivity index (χ1n) is 10.4. The number of para-hydroxylation sites is 1. The molecule has 1 aromatic carbocycles. The molecular weight excluding hydrogens is 380 g/mol. The van der Waals surface area contributed by atoms with Gasteiger partial charge in [-0.1, -0.05) is 17.3 Å². The Hall–Kier alpha value is -3.16. The molecule has 1 aliphatic carbocycles. The average Bonchev–Trinajstić information content (AvgIpc) is 3.19. The number of rotatable bonds is 6. The third-order valence-corrected chi connectivity index (χ3v) is 5.60. The lowest BCUT2D eigenvalue weighted by Gasteiger charge is -2.29. The lowest BCUT2D eigenvalue weighted by molar-refractivity contribution is 0.0934. The number of benzene rings is 1. The second-order valence-electron chi connectivity index (χ2n) is 8.18. The number of nitrogens with one attached hydrogen (secondary N) is 2. The van der Waals surface area contributed by atoms with Gasteiger partial charge in [-0.15, -0.1) is 0 Å². The van der Waals surface area contributed by atoms with E-state index in [4.69, 9.17) is 14.5 Å². The fraction of sp³-hybridized carbons (Fsp3) is 0.455. The molecule has 1 saturated carbocycles. The molecule has 0 bridgehead atoms. The van der Waals surface area contributed by atoms with Gasteiger partial charge in [-0.3, -0.25) is 4.79 Å². The lowest BCUT2D eigenvalue weighted by Crippen LogP contribution is -2.34. The number of anilines is 2. The van der Waals surface area contributed by atoms with Gasteiger partial charge in [0.2, 0.25) is 5.95 Å². The molecule has 0 aliphatic heterocycles. The van der Waals surface area contributed by atoms with E-state index < -0.39 is 0 Å². The third kappa shape index (κ3) is 4.53. The molecule has 0 unspecified atom stereocenters. The van der Waals surface area contributed by atoms with Gasteiger partial charge in [0, 0.05) is 38.1 Å². The molecule has 0 saturated heterocycles. The maximum Gasteiger partial charge on any atom is 0.273 e. The smallest absolute Gasteiger partial charge is 0.273 e. The standard InChI is InChI=1S/C22H28N6O2/c1-14-12-19(27-30-14)21(29)23-13-15-8-10-16(11-9-15)24-22-25-18-7-5-4-6-17(18)20(26-22)28(2)3/h4-7,12,15-16H,8-11,13H2,1-3H3,(H,23,29)(H,24,25,26). The van der Waals surface area contributed by atoms with Gasteiger partial charge >= 0.3 is 0 Å². The number of carbonyl (C=O) groups excluding carboxylic acids is 1. The summed E-state index contributed by atoms with van der Waals surface area (Å²) in [4.78, 5) is 23.6. The normalized spacial score (nSPS) is 18.9. The number of hydrogen-bond donors (Lipinski definition) is 2. The minimum atomic E-state index is -0.173. The van der Waals surface area contributed by atoms with Gasteiger partial charge in [0.15, 0.2) is 5.69 Å². The van der Waals surface area contributed by atoms with Crippen LogP contribution in [0.4, 0.5) is 11.8 Å². The number of carbonyl (C=O) groups is 1. The van der Waals surface area contributed by atoms with Crippen LogP contribution in [-0.4, -0.2) is 47.7 Å². The molecular formula is C22H28N6O2. The van der Waals surface area contributed by atoms with Crippen LogP contribution in [0.3, 0.4) is 0 Å². The largest absolute Gasteiger partial charge is 0.362 e. The lowest BCUT2D eigenvalue weighted by atomic mass is 9.86. The van der Waals surface area contributed by atoms with Gasteiger partial charge < -0.3 is 20.1 Å². The molecule has 1 aliphatic rings. The Labute approximate surface area is 176 Å². The van der Waals surface area contributed by atoms with E-state index in [9.17, 15) is 4.79 Å². The highest BCUT2D eigenvalue weighted by molar-refractivity contribution is 5.92. The summed E-state index contributed by atoms with van der Waals surface area (Å²) in [5.74, 6) is 2.53. The zero-order chi connectivity index (χ0) is 21.1. The van der Waals surface area contributed by atoms with Crippen molar-refractivity contribution < 1.29 is 9.32 Å². The highest BCUT2D eigenvalue weighted by Gasteiger charge is 2.23. The number of amides is 1. The maximum absolute atomic E-state index is 12.1. The Balaban J connectivity index is 1.32. The van der Waals surface area contributed by atoms with Crippen LogP contribution in [0.5, 0.6) is 0 Å². The fourth-order valence-corrected chi connectivity index (χ4v) is 3.96. The van der Waals surface area contributed by atoms with Crippen LogP contribution in [0.15, 0.2) is 34.9 Å². The molecule has 0 spiro atoms. The first-order chi connectivity index (χ1) is 14.5. The molecule has 2 aromatic heterocycles. The molecule has 0 atom stereocenters. The van der Waals surface area contributed by atoms with E-state index in [2.05, 4.69) is 15.8 Å². The summed E-state index contributed by atoms with van der Waals surface area (Å²) in [5, 5.41) is 11.3. The molecule has 1 fully saturated rings. The summed E-state index contributed by atoms with van der Waals surface area (Å²) < 4.78 is 4.96. The van der Waals surface area contributed by atoms with E-state index in [1.54, 1.807) is 13.0 Å². The number of nitrogens with zero attached hydrogens (tertiary/aromatic N) is 4. The van der Waals surface area contributed by atoms with Crippen molar-refractivity contribution in [2.24, 2.45) is 5.92 Å². The van der Waals surface area contributed by atoms with Crippen LogP contribution < -0.4 is 15.5 Å². The molecule has 2 heterocycles. The van der Waals surface area contributed by atoms with Crippen LogP contribution >= 0.6 is 0 Å².